The van der Waals surface area contributed by atoms with Gasteiger partial charge in [-0.15, -0.1) is 0 Å². The van der Waals surface area contributed by atoms with E-state index in [2.05, 4.69) is 169 Å². The van der Waals surface area contributed by atoms with Crippen molar-refractivity contribution >= 4 is 44.2 Å². The molecule has 8 aromatic carbocycles. The van der Waals surface area contributed by atoms with Crippen LogP contribution in [0.2, 0.25) is 0 Å². The molecule has 0 unspecified atom stereocenters. The molecule has 0 saturated carbocycles. The number of amidine groups is 2. The normalized spacial score (nSPS) is 14.7. The highest BCUT2D eigenvalue weighted by molar-refractivity contribution is 6.21. The molecule has 2 aliphatic rings. The molecule has 9 aromatic rings. The Morgan fingerprint density at radius 3 is 1.93 bits per heavy atom. The predicted molar refractivity (Wildman–Crippen MR) is 233 cm³/mol. The number of aliphatic imine (C=N–C) groups is 2. The van der Waals surface area contributed by atoms with Gasteiger partial charge in [0.2, 0.25) is 0 Å². The largest absolute Gasteiger partial charge is 0.324 e. The molecule has 0 spiro atoms. The van der Waals surface area contributed by atoms with Gasteiger partial charge in [-0.25, -0.2) is 9.98 Å². The highest BCUT2D eigenvalue weighted by atomic mass is 15.2. The Kier molecular flexibility index (Phi) is 7.23. The first-order chi connectivity index (χ1) is 27.5. The average Bonchev–Trinajstić information content (AvgIpc) is 3.72. The second-order valence-electron chi connectivity index (χ2n) is 15.5. The smallest absolute Gasteiger partial charge is 0.169 e. The summed E-state index contributed by atoms with van der Waals surface area (Å²) in [5.74, 6) is 1.62. The fraction of sp³-hybridized carbons (Fsp3) is 0.0769. The number of hydrogen-bond donors (Lipinski definition) is 1. The van der Waals surface area contributed by atoms with Crippen molar-refractivity contribution in [1.82, 2.24) is 9.88 Å². The second kappa shape index (κ2) is 12.5. The summed E-state index contributed by atoms with van der Waals surface area (Å²) in [7, 11) is 0. The number of rotatable bonds is 5. The summed E-state index contributed by atoms with van der Waals surface area (Å²) in [6.07, 6.45) is -0.409. The Morgan fingerprint density at radius 2 is 1.14 bits per heavy atom. The molecule has 4 nitrogen and oxygen atoms in total. The molecular weight excluding hydrogens is 681 g/mol. The molecule has 0 bridgehead atoms. The van der Waals surface area contributed by atoms with Crippen LogP contribution in [-0.4, -0.2) is 16.2 Å². The highest BCUT2D eigenvalue weighted by Crippen LogP contribution is 2.49. The highest BCUT2D eigenvalue weighted by Gasteiger charge is 2.35. The molecule has 1 aromatic heterocycles. The van der Waals surface area contributed by atoms with Crippen LogP contribution in [-0.2, 0) is 5.41 Å². The van der Waals surface area contributed by atoms with E-state index in [1.807, 2.05) is 36.4 Å². The van der Waals surface area contributed by atoms with Crippen molar-refractivity contribution in [3.63, 3.8) is 0 Å². The molecule has 0 radical (unpaired) electrons. The average molecular weight is 719 g/mol. The zero-order valence-electron chi connectivity index (χ0n) is 31.2. The molecule has 266 valence electrons. The lowest BCUT2D eigenvalue weighted by molar-refractivity contribution is 0.660. The van der Waals surface area contributed by atoms with Gasteiger partial charge >= 0.3 is 0 Å². The van der Waals surface area contributed by atoms with E-state index in [4.69, 9.17) is 9.98 Å². The van der Waals surface area contributed by atoms with Gasteiger partial charge in [-0.2, -0.15) is 0 Å². The summed E-state index contributed by atoms with van der Waals surface area (Å²) in [5.41, 5.74) is 14.5. The molecule has 0 atom stereocenters. The van der Waals surface area contributed by atoms with E-state index in [1.165, 1.54) is 66.0 Å². The predicted octanol–water partition coefficient (Wildman–Crippen LogP) is 12.4. The molecule has 56 heavy (non-hydrogen) atoms. The van der Waals surface area contributed by atoms with E-state index >= 15 is 0 Å². The number of para-hydroxylation sites is 1. The summed E-state index contributed by atoms with van der Waals surface area (Å²) in [6.45, 7) is 4.70. The van der Waals surface area contributed by atoms with Gasteiger partial charge in [0.15, 0.2) is 6.17 Å². The minimum atomic E-state index is -0.409. The van der Waals surface area contributed by atoms with Gasteiger partial charge in [-0.3, -0.25) is 0 Å². The van der Waals surface area contributed by atoms with Gasteiger partial charge in [0.25, 0.3) is 0 Å². The number of benzene rings is 8. The molecule has 4 heteroatoms. The van der Waals surface area contributed by atoms with Crippen LogP contribution in [0.4, 0.5) is 0 Å². The van der Waals surface area contributed by atoms with Crippen molar-refractivity contribution in [2.75, 3.05) is 0 Å². The van der Waals surface area contributed by atoms with E-state index in [9.17, 15) is 0 Å². The van der Waals surface area contributed by atoms with E-state index in [-0.39, 0.29) is 5.41 Å². The van der Waals surface area contributed by atoms with Crippen LogP contribution in [0.15, 0.2) is 192 Å². The molecule has 0 amide bonds. The Balaban J connectivity index is 1.02. The minimum absolute atomic E-state index is 0.0367. The Morgan fingerprint density at radius 1 is 0.482 bits per heavy atom. The van der Waals surface area contributed by atoms with Crippen molar-refractivity contribution in [2.24, 2.45) is 9.98 Å². The van der Waals surface area contributed by atoms with Crippen LogP contribution in [0.25, 0.3) is 60.5 Å². The molecule has 0 saturated heterocycles. The second-order valence-corrected chi connectivity index (χ2v) is 15.5. The summed E-state index contributed by atoms with van der Waals surface area (Å²) >= 11 is 0. The lowest BCUT2D eigenvalue weighted by Gasteiger charge is -2.22. The Hall–Kier alpha value is -7.04. The zero-order valence-corrected chi connectivity index (χ0v) is 31.2. The summed E-state index contributed by atoms with van der Waals surface area (Å²) in [4.78, 5) is 10.3. The van der Waals surface area contributed by atoms with Crippen LogP contribution >= 0.6 is 0 Å². The fourth-order valence-corrected chi connectivity index (χ4v) is 9.05. The van der Waals surface area contributed by atoms with E-state index < -0.39 is 6.17 Å². The van der Waals surface area contributed by atoms with Gasteiger partial charge < -0.3 is 9.88 Å². The maximum Gasteiger partial charge on any atom is 0.169 e. The molecular formula is C52H38N4. The monoisotopic (exact) mass is 718 g/mol. The molecule has 2 heterocycles. The Labute approximate surface area is 326 Å². The molecule has 11 rings (SSSR count). The van der Waals surface area contributed by atoms with Crippen molar-refractivity contribution in [2.45, 2.75) is 25.4 Å². The van der Waals surface area contributed by atoms with Gasteiger partial charge in [-0.1, -0.05) is 159 Å². The topological polar surface area (TPSA) is 41.7 Å². The van der Waals surface area contributed by atoms with E-state index in [0.717, 1.165) is 34.0 Å². The molecule has 1 aliphatic heterocycles. The third-order valence-corrected chi connectivity index (χ3v) is 11.8. The van der Waals surface area contributed by atoms with Gasteiger partial charge in [0, 0.05) is 38.6 Å². The van der Waals surface area contributed by atoms with Crippen molar-refractivity contribution in [3.8, 4) is 27.9 Å². The minimum Gasteiger partial charge on any atom is -0.324 e. The van der Waals surface area contributed by atoms with Crippen molar-refractivity contribution < 1.29 is 0 Å². The van der Waals surface area contributed by atoms with E-state index in [1.54, 1.807) is 0 Å². The lowest BCUT2D eigenvalue weighted by atomic mass is 9.81. The third-order valence-electron chi connectivity index (χ3n) is 11.8. The first-order valence-electron chi connectivity index (χ1n) is 19.4. The number of hydrogen-bond acceptors (Lipinski definition) is 3. The summed E-state index contributed by atoms with van der Waals surface area (Å²) < 4.78 is 2.40. The number of nitrogens with one attached hydrogen (secondary N) is 1. The number of fused-ring (bicyclic) bond motifs is 8. The number of aromatic nitrogens is 1. The molecule has 1 N–H and O–H groups in total. The maximum atomic E-state index is 5.17. The fourth-order valence-electron chi connectivity index (χ4n) is 9.05. The zero-order chi connectivity index (χ0) is 37.4. The van der Waals surface area contributed by atoms with Crippen LogP contribution in [0, 0.1) is 0 Å². The maximum absolute atomic E-state index is 5.17. The quantitative estimate of drug-likeness (QED) is 0.189. The van der Waals surface area contributed by atoms with Crippen LogP contribution in [0.5, 0.6) is 0 Å². The van der Waals surface area contributed by atoms with Crippen LogP contribution < -0.4 is 5.32 Å². The van der Waals surface area contributed by atoms with Crippen LogP contribution in [0.1, 0.15) is 47.8 Å². The summed E-state index contributed by atoms with van der Waals surface area (Å²) in [5, 5.41) is 8.50. The van der Waals surface area contributed by atoms with Gasteiger partial charge in [-0.05, 0) is 80.6 Å². The number of nitrogens with zero attached hydrogens (tertiary/aromatic N) is 3. The van der Waals surface area contributed by atoms with Crippen molar-refractivity contribution in [1.29, 1.82) is 0 Å². The lowest BCUT2D eigenvalue weighted by Crippen LogP contribution is -2.36. The van der Waals surface area contributed by atoms with Gasteiger partial charge in [0.1, 0.15) is 11.7 Å². The standard InChI is InChI=1S/C52H38N4/c1-52(2)44-22-11-9-20-41(44)42-28-25-36(32-45(42)52)35-24-27-40-37(30-35)26-29-47-48(40)43-21-10-12-23-46(43)56(47)39-19-13-18-38(31-39)51-54-49(33-14-5-3-6-15-33)53-50(55-51)34-16-7-4-8-17-34/h3-32,51H,1-2H3,(H,53,54,55). The van der Waals surface area contributed by atoms with Crippen LogP contribution in [0.3, 0.4) is 0 Å². The SMILES string of the molecule is CC1(C)c2ccccc2-c2ccc(-c3ccc4c(ccc5c4c4ccccc4n5-c4cccc(C5N=C(c6ccccc6)NC(c6ccccc6)=N5)c4)c3)cc21. The first kappa shape index (κ1) is 32.4. The molecule has 1 aliphatic carbocycles. The first-order valence-corrected chi connectivity index (χ1v) is 19.4. The van der Waals surface area contributed by atoms with Crippen molar-refractivity contribution in [3.05, 3.63) is 210 Å². The third kappa shape index (κ3) is 5.06. The summed E-state index contributed by atoms with van der Waals surface area (Å²) in [6, 6.07) is 65.5. The Bertz CT molecular complexity index is 3020. The van der Waals surface area contributed by atoms with E-state index in [0.29, 0.717) is 0 Å². The molecule has 0 fully saturated rings. The van der Waals surface area contributed by atoms with Gasteiger partial charge in [0.05, 0.1) is 11.0 Å².